The van der Waals surface area contributed by atoms with E-state index in [4.69, 9.17) is 5.11 Å². The third-order valence-corrected chi connectivity index (χ3v) is 4.65. The van der Waals surface area contributed by atoms with Crippen molar-refractivity contribution < 1.29 is 14.3 Å². The summed E-state index contributed by atoms with van der Waals surface area (Å²) in [7, 11) is 0. The summed E-state index contributed by atoms with van der Waals surface area (Å²) < 4.78 is 13.7. The Bertz CT molecular complexity index is 537. The summed E-state index contributed by atoms with van der Waals surface area (Å²) in [4.78, 5) is 13.1. The van der Waals surface area contributed by atoms with Crippen LogP contribution >= 0.6 is 0 Å². The highest BCUT2D eigenvalue weighted by molar-refractivity contribution is 5.87. The smallest absolute Gasteiger partial charge is 0.338 e. The largest absolute Gasteiger partial charge is 0.478 e. The van der Waals surface area contributed by atoms with Crippen LogP contribution in [0.2, 0.25) is 0 Å². The molecule has 2 aliphatic rings. The van der Waals surface area contributed by atoms with Gasteiger partial charge in [-0.15, -0.1) is 0 Å². The number of aromatic carboxylic acids is 1. The van der Waals surface area contributed by atoms with E-state index in [0.29, 0.717) is 6.54 Å². The molecule has 1 aromatic rings. The van der Waals surface area contributed by atoms with Gasteiger partial charge in [0.25, 0.3) is 0 Å². The van der Waals surface area contributed by atoms with Crippen LogP contribution in [-0.4, -0.2) is 41.7 Å². The van der Waals surface area contributed by atoms with Crippen molar-refractivity contribution in [1.29, 1.82) is 0 Å². The van der Waals surface area contributed by atoms with Gasteiger partial charge in [0.05, 0.1) is 5.56 Å². The lowest BCUT2D eigenvalue weighted by molar-refractivity contribution is 0.0692. The average Bonchev–Trinajstić information content (AvgIpc) is 3.30. The second-order valence-corrected chi connectivity index (χ2v) is 6.52. The van der Waals surface area contributed by atoms with Crippen molar-refractivity contribution in [2.24, 2.45) is 5.92 Å². The molecule has 2 N–H and O–H groups in total. The number of rotatable bonds is 6. The highest BCUT2D eigenvalue weighted by Gasteiger charge is 2.24. The van der Waals surface area contributed by atoms with Gasteiger partial charge in [-0.25, -0.2) is 9.18 Å². The summed E-state index contributed by atoms with van der Waals surface area (Å²) in [6, 6.07) is 5.20. The number of hydrogen-bond acceptors (Lipinski definition) is 3. The van der Waals surface area contributed by atoms with Crippen LogP contribution in [0.3, 0.4) is 0 Å². The number of nitrogens with zero attached hydrogens (tertiary/aromatic N) is 1. The van der Waals surface area contributed by atoms with E-state index < -0.39 is 11.8 Å². The third-order valence-electron chi connectivity index (χ3n) is 4.65. The molecule has 0 radical (unpaired) electrons. The lowest BCUT2D eigenvalue weighted by Gasteiger charge is -2.32. The molecule has 0 atom stereocenters. The zero-order valence-corrected chi connectivity index (χ0v) is 12.7. The molecule has 2 fully saturated rings. The van der Waals surface area contributed by atoms with Gasteiger partial charge in [-0.2, -0.15) is 0 Å². The number of piperidine rings is 1. The summed E-state index contributed by atoms with van der Waals surface area (Å²) in [5, 5.41) is 12.4. The van der Waals surface area contributed by atoms with Crippen LogP contribution < -0.4 is 5.32 Å². The van der Waals surface area contributed by atoms with Crippen LogP contribution in [0.25, 0.3) is 0 Å². The summed E-state index contributed by atoms with van der Waals surface area (Å²) in [6.45, 7) is 3.87. The van der Waals surface area contributed by atoms with Crippen molar-refractivity contribution in [3.05, 3.63) is 35.1 Å². The molecule has 1 saturated carbocycles. The van der Waals surface area contributed by atoms with Crippen LogP contribution in [0.4, 0.5) is 4.39 Å². The van der Waals surface area contributed by atoms with Gasteiger partial charge >= 0.3 is 5.97 Å². The maximum Gasteiger partial charge on any atom is 0.338 e. The van der Waals surface area contributed by atoms with Crippen molar-refractivity contribution in [2.45, 2.75) is 38.3 Å². The molecule has 22 heavy (non-hydrogen) atoms. The van der Waals surface area contributed by atoms with Gasteiger partial charge in [0.2, 0.25) is 0 Å². The Morgan fingerprint density at radius 2 is 2.00 bits per heavy atom. The molecule has 0 bridgehead atoms. The summed E-state index contributed by atoms with van der Waals surface area (Å²) in [5.41, 5.74) is 0.589. The minimum Gasteiger partial charge on any atom is -0.478 e. The quantitative estimate of drug-likeness (QED) is 0.848. The van der Waals surface area contributed by atoms with Crippen LogP contribution in [-0.2, 0) is 6.54 Å². The molecular formula is C17H23FN2O2. The van der Waals surface area contributed by atoms with Crippen molar-refractivity contribution in [2.75, 3.05) is 19.6 Å². The molecule has 1 aromatic carbocycles. The zero-order valence-electron chi connectivity index (χ0n) is 12.7. The molecule has 0 aromatic heterocycles. The maximum absolute atomic E-state index is 13.7. The fraction of sp³-hybridized carbons (Fsp3) is 0.588. The summed E-state index contributed by atoms with van der Waals surface area (Å²) in [6.07, 6.45) is 5.01. The molecule has 0 amide bonds. The number of carboxylic acid groups (broad SMARTS) is 1. The van der Waals surface area contributed by atoms with Gasteiger partial charge in [-0.3, -0.25) is 4.90 Å². The number of carboxylic acids is 1. The maximum atomic E-state index is 13.7. The molecule has 3 rings (SSSR count). The highest BCUT2D eigenvalue weighted by Crippen LogP contribution is 2.22. The van der Waals surface area contributed by atoms with E-state index >= 15 is 0 Å². The number of carbonyl (C=O) groups is 1. The van der Waals surface area contributed by atoms with E-state index in [-0.39, 0.29) is 5.56 Å². The summed E-state index contributed by atoms with van der Waals surface area (Å²) in [5.74, 6) is -1.11. The summed E-state index contributed by atoms with van der Waals surface area (Å²) >= 11 is 0. The Hall–Kier alpha value is -1.46. The first-order chi connectivity index (χ1) is 10.6. The van der Waals surface area contributed by atoms with Gasteiger partial charge in [-0.1, -0.05) is 6.07 Å². The molecule has 1 saturated heterocycles. The van der Waals surface area contributed by atoms with Crippen molar-refractivity contribution in [1.82, 2.24) is 10.2 Å². The van der Waals surface area contributed by atoms with Crippen LogP contribution in [0.5, 0.6) is 0 Å². The van der Waals surface area contributed by atoms with Crippen LogP contribution in [0.15, 0.2) is 18.2 Å². The monoisotopic (exact) mass is 306 g/mol. The van der Waals surface area contributed by atoms with E-state index in [9.17, 15) is 9.18 Å². The minimum absolute atomic E-state index is 0.256. The minimum atomic E-state index is -1.21. The van der Waals surface area contributed by atoms with Gasteiger partial charge in [-0.05, 0) is 68.9 Å². The molecule has 0 unspecified atom stereocenters. The molecule has 0 spiro atoms. The zero-order chi connectivity index (χ0) is 15.5. The molecular weight excluding hydrogens is 283 g/mol. The third kappa shape index (κ3) is 4.05. The molecule has 4 nitrogen and oxygen atoms in total. The first-order valence-electron chi connectivity index (χ1n) is 8.09. The van der Waals surface area contributed by atoms with E-state index in [0.717, 1.165) is 37.2 Å². The lowest BCUT2D eigenvalue weighted by Crippen LogP contribution is -2.37. The average molecular weight is 306 g/mol. The highest BCUT2D eigenvalue weighted by atomic mass is 19.1. The molecule has 1 heterocycles. The standard InChI is InChI=1S/C17H23FN2O2/c18-16-9-13(1-4-15(16)17(21)22)11-20-7-5-12(6-8-20)10-19-14-2-3-14/h1,4,9,12,14,19H,2-3,5-8,10-11H2,(H,21,22). The second-order valence-electron chi connectivity index (χ2n) is 6.52. The van der Waals surface area contributed by atoms with Crippen molar-refractivity contribution in [3.63, 3.8) is 0 Å². The van der Waals surface area contributed by atoms with Crippen molar-refractivity contribution >= 4 is 5.97 Å². The predicted molar refractivity (Wildman–Crippen MR) is 82.4 cm³/mol. The first kappa shape index (κ1) is 15.4. The fourth-order valence-electron chi connectivity index (χ4n) is 3.06. The van der Waals surface area contributed by atoms with E-state index in [1.165, 1.54) is 37.8 Å². The number of likely N-dealkylation sites (tertiary alicyclic amines) is 1. The Labute approximate surface area is 130 Å². The predicted octanol–water partition coefficient (Wildman–Crippen LogP) is 2.49. The van der Waals surface area contributed by atoms with Gasteiger partial charge in [0, 0.05) is 12.6 Å². The Kier molecular flexibility index (Phi) is 4.74. The van der Waals surface area contributed by atoms with E-state index in [1.54, 1.807) is 6.07 Å². The van der Waals surface area contributed by atoms with Gasteiger partial charge in [0.15, 0.2) is 0 Å². The number of halogens is 1. The topological polar surface area (TPSA) is 52.6 Å². The molecule has 1 aliphatic heterocycles. The van der Waals surface area contributed by atoms with E-state index in [2.05, 4.69) is 10.2 Å². The Balaban J connectivity index is 1.47. The fourth-order valence-corrected chi connectivity index (χ4v) is 3.06. The first-order valence-corrected chi connectivity index (χ1v) is 8.09. The SMILES string of the molecule is O=C(O)c1ccc(CN2CCC(CNC3CC3)CC2)cc1F. The number of nitrogens with one attached hydrogen (secondary N) is 1. The Morgan fingerprint density at radius 1 is 1.27 bits per heavy atom. The second kappa shape index (κ2) is 6.75. The Morgan fingerprint density at radius 3 is 2.59 bits per heavy atom. The van der Waals surface area contributed by atoms with Gasteiger partial charge < -0.3 is 10.4 Å². The molecule has 120 valence electrons. The van der Waals surface area contributed by atoms with Crippen LogP contribution in [0, 0.1) is 11.7 Å². The van der Waals surface area contributed by atoms with E-state index in [1.807, 2.05) is 0 Å². The number of benzene rings is 1. The number of hydrogen-bond donors (Lipinski definition) is 2. The molecule has 5 heteroatoms. The normalized spacial score (nSPS) is 20.2. The lowest BCUT2D eigenvalue weighted by atomic mass is 9.96. The van der Waals surface area contributed by atoms with Gasteiger partial charge in [0.1, 0.15) is 5.82 Å². The van der Waals surface area contributed by atoms with Crippen molar-refractivity contribution in [3.8, 4) is 0 Å². The molecule has 1 aliphatic carbocycles. The van der Waals surface area contributed by atoms with Crippen LogP contribution in [0.1, 0.15) is 41.6 Å².